The number of hydrogen-bond donors (Lipinski definition) is 2. The minimum Gasteiger partial charge on any atom is -0.507 e. The molecular formula is C20H32OS2. The molecule has 2 rings (SSSR count). The van der Waals surface area contributed by atoms with E-state index in [-0.39, 0.29) is 5.41 Å². The Hall–Kier alpha value is -0.280. The summed E-state index contributed by atoms with van der Waals surface area (Å²) in [5.74, 6) is 1.37. The summed E-state index contributed by atoms with van der Waals surface area (Å²) in [7, 11) is 0. The molecule has 1 fully saturated rings. The van der Waals surface area contributed by atoms with Crippen LogP contribution < -0.4 is 0 Å². The number of benzene rings is 1. The number of phenolic OH excluding ortho intramolecular Hbond substituents is 1. The van der Waals surface area contributed by atoms with Gasteiger partial charge in [0, 0.05) is 21.8 Å². The second kappa shape index (κ2) is 8.20. The molecule has 0 aromatic heterocycles. The zero-order chi connectivity index (χ0) is 17.0. The second-order valence-corrected chi connectivity index (χ2v) is 9.85. The fraction of sp³-hybridized carbons (Fsp3) is 0.700. The van der Waals surface area contributed by atoms with Gasteiger partial charge in [0.25, 0.3) is 0 Å². The fourth-order valence-corrected chi connectivity index (χ4v) is 5.11. The second-order valence-electron chi connectivity index (χ2n) is 7.96. The highest BCUT2D eigenvalue weighted by Gasteiger charge is 2.22. The summed E-state index contributed by atoms with van der Waals surface area (Å²) in [6.45, 7) is 8.70. The number of aromatic hydroxyl groups is 1. The van der Waals surface area contributed by atoms with Crippen LogP contribution in [0.1, 0.15) is 76.0 Å². The van der Waals surface area contributed by atoms with Crippen molar-refractivity contribution in [2.45, 2.75) is 87.9 Å². The molecule has 0 saturated heterocycles. The summed E-state index contributed by atoms with van der Waals surface area (Å²) in [6.07, 6.45) is 7.85. The van der Waals surface area contributed by atoms with Gasteiger partial charge in [-0.05, 0) is 36.3 Å². The maximum Gasteiger partial charge on any atom is 0.122 e. The van der Waals surface area contributed by atoms with Crippen molar-refractivity contribution in [2.75, 3.05) is 0 Å². The van der Waals surface area contributed by atoms with Crippen LogP contribution >= 0.6 is 24.4 Å². The molecular weight excluding hydrogens is 320 g/mol. The topological polar surface area (TPSA) is 20.2 Å². The summed E-state index contributed by atoms with van der Waals surface area (Å²) >= 11 is 6.84. The van der Waals surface area contributed by atoms with E-state index in [1.807, 2.05) is 18.7 Å². The number of thioether (sulfide) groups is 1. The molecule has 1 aromatic rings. The van der Waals surface area contributed by atoms with Crippen LogP contribution in [-0.4, -0.2) is 15.6 Å². The molecule has 1 aliphatic rings. The lowest BCUT2D eigenvalue weighted by atomic mass is 9.85. The van der Waals surface area contributed by atoms with Crippen molar-refractivity contribution < 1.29 is 5.11 Å². The Balaban J connectivity index is 2.11. The summed E-state index contributed by atoms with van der Waals surface area (Å²) in [4.78, 5) is 0. The third kappa shape index (κ3) is 5.35. The van der Waals surface area contributed by atoms with Crippen molar-refractivity contribution in [3.8, 4) is 5.75 Å². The standard InChI is InChI=1S/C20H32OS2/c1-14-11-16(20(2,3)4)12-15(19(14)21)13-23-18-10-8-6-5-7-9-17(18)22/h11-12,17-18,21-22H,5-10,13H2,1-4H3. The normalized spacial score (nSPS) is 23.3. The highest BCUT2D eigenvalue weighted by atomic mass is 32.2. The van der Waals surface area contributed by atoms with E-state index in [1.165, 1.54) is 44.1 Å². The van der Waals surface area contributed by atoms with Crippen LogP contribution in [-0.2, 0) is 11.2 Å². The molecule has 23 heavy (non-hydrogen) atoms. The molecule has 1 N–H and O–H groups in total. The van der Waals surface area contributed by atoms with Crippen molar-refractivity contribution in [2.24, 2.45) is 0 Å². The molecule has 2 unspecified atom stereocenters. The Morgan fingerprint density at radius 3 is 2.43 bits per heavy atom. The molecule has 1 saturated carbocycles. The summed E-state index contributed by atoms with van der Waals surface area (Å²) < 4.78 is 0. The average Bonchev–Trinajstić information content (AvgIpc) is 2.45. The average molecular weight is 353 g/mol. The molecule has 0 bridgehead atoms. The first-order valence-electron chi connectivity index (χ1n) is 8.91. The fourth-order valence-electron chi connectivity index (χ4n) is 3.22. The molecule has 0 spiro atoms. The number of thiol groups is 1. The number of rotatable bonds is 3. The Kier molecular flexibility index (Phi) is 6.79. The number of aryl methyl sites for hydroxylation is 1. The first-order chi connectivity index (χ1) is 10.8. The van der Waals surface area contributed by atoms with Crippen molar-refractivity contribution in [3.05, 3.63) is 28.8 Å². The van der Waals surface area contributed by atoms with E-state index in [9.17, 15) is 5.11 Å². The van der Waals surface area contributed by atoms with Gasteiger partial charge >= 0.3 is 0 Å². The molecule has 1 nitrogen and oxygen atoms in total. The Morgan fingerprint density at radius 1 is 1.13 bits per heavy atom. The first kappa shape index (κ1) is 19.1. The van der Waals surface area contributed by atoms with Crippen LogP contribution in [0.25, 0.3) is 0 Å². The zero-order valence-corrected chi connectivity index (χ0v) is 16.8. The van der Waals surface area contributed by atoms with Crippen LogP contribution in [0.15, 0.2) is 12.1 Å². The molecule has 0 aliphatic heterocycles. The van der Waals surface area contributed by atoms with Crippen LogP contribution in [0.3, 0.4) is 0 Å². The molecule has 2 atom stereocenters. The van der Waals surface area contributed by atoms with Gasteiger partial charge in [0.05, 0.1) is 0 Å². The van der Waals surface area contributed by atoms with Gasteiger partial charge in [-0.2, -0.15) is 24.4 Å². The maximum absolute atomic E-state index is 10.5. The van der Waals surface area contributed by atoms with Crippen LogP contribution in [0.5, 0.6) is 5.75 Å². The van der Waals surface area contributed by atoms with Gasteiger partial charge in [-0.1, -0.05) is 58.6 Å². The molecule has 1 aliphatic carbocycles. The first-order valence-corrected chi connectivity index (χ1v) is 10.5. The van der Waals surface area contributed by atoms with Gasteiger partial charge in [0.1, 0.15) is 5.75 Å². The summed E-state index contributed by atoms with van der Waals surface area (Å²) in [6, 6.07) is 4.33. The van der Waals surface area contributed by atoms with Gasteiger partial charge in [0.15, 0.2) is 0 Å². The van der Waals surface area contributed by atoms with Crippen molar-refractivity contribution in [1.82, 2.24) is 0 Å². The minimum atomic E-state index is 0.115. The Bertz CT molecular complexity index is 519. The van der Waals surface area contributed by atoms with Crippen molar-refractivity contribution in [3.63, 3.8) is 0 Å². The van der Waals surface area contributed by atoms with E-state index in [0.717, 1.165) is 16.9 Å². The van der Waals surface area contributed by atoms with Gasteiger partial charge in [-0.3, -0.25) is 0 Å². The largest absolute Gasteiger partial charge is 0.507 e. The van der Waals surface area contributed by atoms with Gasteiger partial charge < -0.3 is 5.11 Å². The highest BCUT2D eigenvalue weighted by Crippen LogP contribution is 2.36. The van der Waals surface area contributed by atoms with Crippen LogP contribution in [0, 0.1) is 6.92 Å². The molecule has 0 heterocycles. The molecule has 1 aromatic carbocycles. The zero-order valence-electron chi connectivity index (χ0n) is 15.1. The lowest BCUT2D eigenvalue weighted by Crippen LogP contribution is -2.20. The number of hydrogen-bond acceptors (Lipinski definition) is 3. The van der Waals surface area contributed by atoms with Crippen LogP contribution in [0.4, 0.5) is 0 Å². The molecule has 3 heteroatoms. The molecule has 0 amide bonds. The predicted octanol–water partition coefficient (Wildman–Crippen LogP) is 6.25. The van der Waals surface area contributed by atoms with Crippen molar-refractivity contribution >= 4 is 24.4 Å². The van der Waals surface area contributed by atoms with E-state index >= 15 is 0 Å². The maximum atomic E-state index is 10.5. The van der Waals surface area contributed by atoms with E-state index in [4.69, 9.17) is 12.6 Å². The van der Waals surface area contributed by atoms with E-state index in [0.29, 0.717) is 16.2 Å². The minimum absolute atomic E-state index is 0.115. The molecule has 0 radical (unpaired) electrons. The van der Waals surface area contributed by atoms with Gasteiger partial charge in [-0.15, -0.1) is 0 Å². The third-order valence-corrected chi connectivity index (χ3v) is 7.16. The predicted molar refractivity (Wildman–Crippen MR) is 107 cm³/mol. The SMILES string of the molecule is Cc1cc(C(C)(C)C)cc(CSC2CCCCCCC2S)c1O. The number of phenols is 1. The smallest absolute Gasteiger partial charge is 0.122 e. The van der Waals surface area contributed by atoms with E-state index in [2.05, 4.69) is 32.9 Å². The lowest BCUT2D eigenvalue weighted by molar-refractivity contribution is 0.464. The van der Waals surface area contributed by atoms with E-state index in [1.54, 1.807) is 0 Å². The Labute approximate surface area is 152 Å². The van der Waals surface area contributed by atoms with E-state index < -0.39 is 0 Å². The highest BCUT2D eigenvalue weighted by molar-refractivity contribution is 8.00. The van der Waals surface area contributed by atoms with Gasteiger partial charge in [0.2, 0.25) is 0 Å². The summed E-state index contributed by atoms with van der Waals surface area (Å²) in [5, 5.41) is 11.6. The third-order valence-electron chi connectivity index (χ3n) is 4.87. The molecule has 130 valence electrons. The lowest BCUT2D eigenvalue weighted by Gasteiger charge is -2.26. The summed E-state index contributed by atoms with van der Waals surface area (Å²) in [5.41, 5.74) is 3.50. The monoisotopic (exact) mass is 352 g/mol. The quantitative estimate of drug-likeness (QED) is 0.627. The van der Waals surface area contributed by atoms with Crippen LogP contribution in [0.2, 0.25) is 0 Å². The van der Waals surface area contributed by atoms with Gasteiger partial charge in [-0.25, -0.2) is 0 Å². The van der Waals surface area contributed by atoms with Crippen molar-refractivity contribution in [1.29, 1.82) is 0 Å². The Morgan fingerprint density at radius 2 is 1.78 bits per heavy atom.